The maximum atomic E-state index is 12.6. The van der Waals surface area contributed by atoms with Gasteiger partial charge in [0.05, 0.1) is 0 Å². The quantitative estimate of drug-likeness (QED) is 0.867. The Morgan fingerprint density at radius 1 is 1.19 bits per heavy atom. The van der Waals surface area contributed by atoms with Gasteiger partial charge >= 0.3 is 6.03 Å². The van der Waals surface area contributed by atoms with Crippen molar-refractivity contribution in [1.82, 2.24) is 19.8 Å². The number of imidazole rings is 1. The Kier molecular flexibility index (Phi) is 5.46. The van der Waals surface area contributed by atoms with Gasteiger partial charge in [-0.1, -0.05) is 36.8 Å². The summed E-state index contributed by atoms with van der Waals surface area (Å²) in [5, 5.41) is 3.08. The molecular weight excluding hydrogens is 336 g/mol. The molecule has 1 aromatic heterocycles. The second-order valence-electron chi connectivity index (χ2n) is 8.09. The highest BCUT2D eigenvalue weighted by Gasteiger charge is 2.28. The molecule has 2 amide bonds. The molecule has 2 aromatic rings. The Hall–Kier alpha value is -2.30. The second kappa shape index (κ2) is 8.15. The minimum absolute atomic E-state index is 0.0603. The lowest BCUT2D eigenvalue weighted by Crippen LogP contribution is -2.46. The number of likely N-dealkylation sites (tertiary alicyclic amines) is 1. The van der Waals surface area contributed by atoms with Crippen molar-refractivity contribution in [2.24, 2.45) is 5.92 Å². The van der Waals surface area contributed by atoms with E-state index in [1.54, 1.807) is 0 Å². The van der Waals surface area contributed by atoms with Crippen LogP contribution in [0, 0.1) is 12.8 Å². The van der Waals surface area contributed by atoms with Gasteiger partial charge in [0.2, 0.25) is 0 Å². The van der Waals surface area contributed by atoms with E-state index < -0.39 is 0 Å². The summed E-state index contributed by atoms with van der Waals surface area (Å²) < 4.78 is 2.42. The summed E-state index contributed by atoms with van der Waals surface area (Å²) in [5.74, 6) is 2.42. The minimum atomic E-state index is 0.0603. The highest BCUT2D eigenvalue weighted by Crippen LogP contribution is 2.36. The van der Waals surface area contributed by atoms with E-state index in [1.807, 2.05) is 41.4 Å². The zero-order chi connectivity index (χ0) is 18.6. The van der Waals surface area contributed by atoms with Crippen molar-refractivity contribution in [1.29, 1.82) is 0 Å². The number of hydrogen-bond acceptors (Lipinski definition) is 2. The predicted molar refractivity (Wildman–Crippen MR) is 107 cm³/mol. The Morgan fingerprint density at radius 2 is 2.00 bits per heavy atom. The Balaban J connectivity index is 1.34. The smallest absolute Gasteiger partial charge is 0.317 e. The third-order valence-electron chi connectivity index (χ3n) is 6.09. The third kappa shape index (κ3) is 4.18. The normalized spacial score (nSPS) is 20.3. The van der Waals surface area contributed by atoms with Crippen LogP contribution in [0.5, 0.6) is 0 Å². The standard InChI is InChI=1S/C22H30N4O/c1-17-13-23-21(20-10-5-11-20)26(17)16-19-9-6-12-25(15-19)22(27)24-14-18-7-3-2-4-8-18/h2-4,7-8,13,19-20H,5-6,9-12,14-16H2,1H3,(H,24,27). The number of urea groups is 1. The van der Waals surface area contributed by atoms with Crippen LogP contribution in [0.25, 0.3) is 0 Å². The first-order valence-electron chi connectivity index (χ1n) is 10.3. The number of hydrogen-bond donors (Lipinski definition) is 1. The average Bonchev–Trinajstić information content (AvgIpc) is 3.00. The fourth-order valence-electron chi connectivity index (χ4n) is 4.25. The van der Waals surface area contributed by atoms with E-state index in [-0.39, 0.29) is 6.03 Å². The van der Waals surface area contributed by atoms with Gasteiger partial charge < -0.3 is 14.8 Å². The molecule has 2 aliphatic rings. The summed E-state index contributed by atoms with van der Waals surface area (Å²) in [7, 11) is 0. The van der Waals surface area contributed by atoms with Gasteiger partial charge in [0.1, 0.15) is 5.82 Å². The Morgan fingerprint density at radius 3 is 2.74 bits per heavy atom. The first-order chi connectivity index (χ1) is 13.2. The summed E-state index contributed by atoms with van der Waals surface area (Å²) in [6.07, 6.45) is 8.15. The molecule has 0 bridgehead atoms. The lowest BCUT2D eigenvalue weighted by atomic mass is 9.84. The zero-order valence-corrected chi connectivity index (χ0v) is 16.2. The number of amides is 2. The topological polar surface area (TPSA) is 50.2 Å². The number of benzene rings is 1. The van der Waals surface area contributed by atoms with E-state index in [0.29, 0.717) is 18.4 Å². The van der Waals surface area contributed by atoms with E-state index in [1.165, 1.54) is 37.2 Å². The molecule has 1 saturated heterocycles. The predicted octanol–water partition coefficient (Wildman–Crippen LogP) is 4.08. The van der Waals surface area contributed by atoms with Gasteiger partial charge in [0.25, 0.3) is 0 Å². The van der Waals surface area contributed by atoms with Gasteiger partial charge in [-0.2, -0.15) is 0 Å². The monoisotopic (exact) mass is 366 g/mol. The number of piperidine rings is 1. The number of carbonyl (C=O) groups is 1. The van der Waals surface area contributed by atoms with Crippen LogP contribution in [-0.2, 0) is 13.1 Å². The van der Waals surface area contributed by atoms with Gasteiger partial charge in [-0.05, 0) is 44.1 Å². The molecule has 0 radical (unpaired) electrons. The highest BCUT2D eigenvalue weighted by molar-refractivity contribution is 5.74. The van der Waals surface area contributed by atoms with Crippen molar-refractivity contribution in [3.8, 4) is 0 Å². The summed E-state index contributed by atoms with van der Waals surface area (Å²) in [6, 6.07) is 10.2. The van der Waals surface area contributed by atoms with Gasteiger partial charge in [0, 0.05) is 44.0 Å². The second-order valence-corrected chi connectivity index (χ2v) is 8.09. The zero-order valence-electron chi connectivity index (χ0n) is 16.2. The van der Waals surface area contributed by atoms with Crippen LogP contribution in [0.1, 0.15) is 55.1 Å². The molecule has 1 saturated carbocycles. The molecule has 1 unspecified atom stereocenters. The van der Waals surface area contributed by atoms with Gasteiger partial charge in [-0.3, -0.25) is 0 Å². The fourth-order valence-corrected chi connectivity index (χ4v) is 4.25. The number of rotatable bonds is 5. The molecule has 144 valence electrons. The molecule has 27 heavy (non-hydrogen) atoms. The van der Waals surface area contributed by atoms with E-state index in [4.69, 9.17) is 4.98 Å². The Bertz CT molecular complexity index is 766. The van der Waals surface area contributed by atoms with E-state index in [9.17, 15) is 4.79 Å². The van der Waals surface area contributed by atoms with Crippen LogP contribution in [0.3, 0.4) is 0 Å². The Labute approximate surface area is 161 Å². The molecule has 4 rings (SSSR count). The summed E-state index contributed by atoms with van der Waals surface area (Å²) in [6.45, 7) is 5.42. The van der Waals surface area contributed by atoms with Crippen molar-refractivity contribution in [2.45, 2.75) is 58.0 Å². The minimum Gasteiger partial charge on any atom is -0.334 e. The van der Waals surface area contributed by atoms with Crippen molar-refractivity contribution in [3.63, 3.8) is 0 Å². The fraction of sp³-hybridized carbons (Fsp3) is 0.545. The van der Waals surface area contributed by atoms with Crippen LogP contribution in [0.2, 0.25) is 0 Å². The van der Waals surface area contributed by atoms with Gasteiger partial charge in [-0.25, -0.2) is 9.78 Å². The number of nitrogens with one attached hydrogen (secondary N) is 1. The van der Waals surface area contributed by atoms with E-state index in [0.717, 1.165) is 31.6 Å². The highest BCUT2D eigenvalue weighted by atomic mass is 16.2. The maximum absolute atomic E-state index is 12.6. The first-order valence-corrected chi connectivity index (χ1v) is 10.3. The SMILES string of the molecule is Cc1cnc(C2CCC2)n1CC1CCCN(C(=O)NCc2ccccc2)C1. The molecule has 5 heteroatoms. The van der Waals surface area contributed by atoms with Crippen LogP contribution in [-0.4, -0.2) is 33.6 Å². The van der Waals surface area contributed by atoms with E-state index >= 15 is 0 Å². The van der Waals surface area contributed by atoms with Crippen LogP contribution < -0.4 is 5.32 Å². The van der Waals surface area contributed by atoms with Crippen LogP contribution in [0.4, 0.5) is 4.79 Å². The third-order valence-corrected chi connectivity index (χ3v) is 6.09. The molecule has 1 aromatic carbocycles. The van der Waals surface area contributed by atoms with Crippen LogP contribution in [0.15, 0.2) is 36.5 Å². The molecule has 2 fully saturated rings. The molecule has 1 atom stereocenters. The van der Waals surface area contributed by atoms with E-state index in [2.05, 4.69) is 16.8 Å². The van der Waals surface area contributed by atoms with Gasteiger partial charge in [-0.15, -0.1) is 0 Å². The van der Waals surface area contributed by atoms with Crippen molar-refractivity contribution in [2.75, 3.05) is 13.1 Å². The van der Waals surface area contributed by atoms with Crippen molar-refractivity contribution >= 4 is 6.03 Å². The summed E-state index contributed by atoms with van der Waals surface area (Å²) >= 11 is 0. The summed E-state index contributed by atoms with van der Waals surface area (Å²) in [5.41, 5.74) is 2.39. The average molecular weight is 367 g/mol. The molecular formula is C22H30N4O. The van der Waals surface area contributed by atoms with Crippen LogP contribution >= 0.6 is 0 Å². The largest absolute Gasteiger partial charge is 0.334 e. The lowest BCUT2D eigenvalue weighted by Gasteiger charge is -2.34. The molecule has 5 nitrogen and oxygen atoms in total. The maximum Gasteiger partial charge on any atom is 0.317 e. The van der Waals surface area contributed by atoms with Gasteiger partial charge in [0.15, 0.2) is 0 Å². The number of nitrogens with zero attached hydrogens (tertiary/aromatic N) is 3. The molecule has 1 aliphatic carbocycles. The molecule has 0 spiro atoms. The molecule has 1 aliphatic heterocycles. The number of carbonyl (C=O) groups excluding carboxylic acids is 1. The molecule has 1 N–H and O–H groups in total. The first kappa shape index (κ1) is 18.1. The van der Waals surface area contributed by atoms with Crippen molar-refractivity contribution in [3.05, 3.63) is 53.6 Å². The van der Waals surface area contributed by atoms with Crippen molar-refractivity contribution < 1.29 is 4.79 Å². The number of aryl methyl sites for hydroxylation is 1. The molecule has 2 heterocycles. The number of aromatic nitrogens is 2. The summed E-state index contributed by atoms with van der Waals surface area (Å²) in [4.78, 5) is 19.3. The lowest BCUT2D eigenvalue weighted by molar-refractivity contribution is 0.158.